The van der Waals surface area contributed by atoms with Gasteiger partial charge in [-0.2, -0.15) is 0 Å². The molecule has 6 heterocycles. The average molecular weight is 786 g/mol. The second kappa shape index (κ2) is 15.6. The number of carbonyl (C=O) groups is 4. The molecule has 3 atom stereocenters. The van der Waals surface area contributed by atoms with Gasteiger partial charge in [-0.25, -0.2) is 0 Å². The molecule has 6 aliphatic heterocycles. The maximum atomic E-state index is 13.4. The van der Waals surface area contributed by atoms with E-state index in [4.69, 9.17) is 5.73 Å². The molecular weight excluding hydrogens is 735 g/mol. The van der Waals surface area contributed by atoms with Crippen LogP contribution in [0.25, 0.3) is 5.70 Å². The summed E-state index contributed by atoms with van der Waals surface area (Å²) < 4.78 is 0. The number of allylic oxidation sites excluding steroid dienone is 1. The van der Waals surface area contributed by atoms with Crippen LogP contribution in [0, 0.1) is 5.92 Å². The number of hydrazine groups is 1. The zero-order valence-corrected chi connectivity index (χ0v) is 32.6. The second-order valence-corrected chi connectivity index (χ2v) is 16.4. The normalized spacial score (nSPS) is 23.3. The predicted molar refractivity (Wildman–Crippen MR) is 220 cm³/mol. The summed E-state index contributed by atoms with van der Waals surface area (Å²) >= 11 is 0. The van der Waals surface area contributed by atoms with Crippen LogP contribution in [-0.4, -0.2) is 101 Å². The largest absolute Gasteiger partial charge is 0.507 e. The Hall–Kier alpha value is -6.18. The van der Waals surface area contributed by atoms with Gasteiger partial charge in [-0.3, -0.25) is 34.9 Å². The number of aromatic hydroxyl groups is 1. The lowest BCUT2D eigenvalue weighted by molar-refractivity contribution is -0.132. The number of hydrogen-bond acceptors (Lipinski definition) is 11. The lowest BCUT2D eigenvalue weighted by Crippen LogP contribution is -2.54. The van der Waals surface area contributed by atoms with Crippen LogP contribution in [0.4, 0.5) is 11.4 Å². The number of para-hydroxylation sites is 1. The Kier molecular flexibility index (Phi) is 10.1. The summed E-state index contributed by atoms with van der Waals surface area (Å²) in [5.74, 6) is 0.602. The molecule has 4 saturated heterocycles. The summed E-state index contributed by atoms with van der Waals surface area (Å²) in [6.07, 6.45) is 8.17. The highest BCUT2D eigenvalue weighted by Crippen LogP contribution is 2.38. The molecule has 0 aliphatic carbocycles. The Bertz CT molecular complexity index is 2170. The first kappa shape index (κ1) is 37.4. The summed E-state index contributed by atoms with van der Waals surface area (Å²) in [6, 6.07) is 21.8. The number of likely N-dealkylation sites (tertiary alicyclic amines) is 2. The van der Waals surface area contributed by atoms with E-state index in [9.17, 15) is 24.3 Å². The highest BCUT2D eigenvalue weighted by atomic mass is 16.3. The lowest BCUT2D eigenvalue weighted by atomic mass is 9.89. The summed E-state index contributed by atoms with van der Waals surface area (Å²) in [5.41, 5.74) is 19.0. The van der Waals surface area contributed by atoms with Crippen molar-refractivity contribution in [3.63, 3.8) is 0 Å². The number of imide groups is 1. The fourth-order valence-electron chi connectivity index (χ4n) is 9.83. The molecular formula is C44H51N9O5. The van der Waals surface area contributed by atoms with E-state index in [-0.39, 0.29) is 54.8 Å². The van der Waals surface area contributed by atoms with Crippen LogP contribution < -0.4 is 32.1 Å². The lowest BCUT2D eigenvalue weighted by Gasteiger charge is -2.44. The summed E-state index contributed by atoms with van der Waals surface area (Å²) in [4.78, 5) is 59.8. The van der Waals surface area contributed by atoms with Crippen LogP contribution in [0.1, 0.15) is 76.8 Å². The van der Waals surface area contributed by atoms with E-state index in [0.717, 1.165) is 75.2 Å². The van der Waals surface area contributed by atoms with Crippen molar-refractivity contribution in [2.75, 3.05) is 49.5 Å². The Morgan fingerprint density at radius 3 is 2.36 bits per heavy atom. The van der Waals surface area contributed by atoms with Crippen molar-refractivity contribution in [1.82, 2.24) is 30.9 Å². The Labute approximate surface area is 338 Å². The van der Waals surface area contributed by atoms with E-state index >= 15 is 0 Å². The molecule has 4 fully saturated rings. The third kappa shape index (κ3) is 7.16. The first-order valence-corrected chi connectivity index (χ1v) is 20.6. The standard InChI is InChI=1S/C44H51N9O5/c45-42-37(23-36(48-49-42)33-7-1-2-10-38(33)54)51-25-31-11-12-32(26-51)52(31)29-6-3-5-28(22-29)21-27-16-19-50(20-17-27)40(56)15-18-46-35-9-4-8-34-41(35)44(58)53(43(34)57)30-13-14-39(55)47-24-30/h1-10,22-23,27,30-32,46,48-49,54H,11-21,24-26,45H2,(H,47,55). The average Bonchev–Trinajstić information content (AvgIpc) is 3.66. The number of phenolic OH excluding ortho intramolecular Hbond substituents is 1. The molecule has 3 unspecified atom stereocenters. The van der Waals surface area contributed by atoms with Crippen LogP contribution >= 0.6 is 0 Å². The minimum absolute atomic E-state index is 0.0700. The van der Waals surface area contributed by atoms with Crippen LogP contribution in [0.3, 0.4) is 0 Å². The van der Waals surface area contributed by atoms with Gasteiger partial charge in [-0.15, -0.1) is 0 Å². The SMILES string of the molecule is NC1=C(N2CC3CCC(C2)N3c2cccc(CC3CCN(C(=O)CCNc4cccc5c4C(=O)N(C4CCC(=O)NC4)C5=O)CC3)c2)C=C(c2ccccc2O)NN1. The molecule has 0 saturated carbocycles. The molecule has 2 bridgehead atoms. The van der Waals surface area contributed by atoms with Gasteiger partial charge in [0.25, 0.3) is 11.8 Å². The van der Waals surface area contributed by atoms with Gasteiger partial charge in [-0.05, 0) is 92.5 Å². The van der Waals surface area contributed by atoms with Crippen LogP contribution in [0.5, 0.6) is 5.75 Å². The molecule has 302 valence electrons. The monoisotopic (exact) mass is 785 g/mol. The molecule has 3 aromatic rings. The Balaban J connectivity index is 0.762. The molecule has 3 aromatic carbocycles. The molecule has 14 nitrogen and oxygen atoms in total. The number of nitrogens with two attached hydrogens (primary N) is 1. The summed E-state index contributed by atoms with van der Waals surface area (Å²) in [5, 5.41) is 16.5. The number of nitrogens with one attached hydrogen (secondary N) is 4. The van der Waals surface area contributed by atoms with Crippen molar-refractivity contribution < 1.29 is 24.3 Å². The van der Waals surface area contributed by atoms with Crippen molar-refractivity contribution >= 4 is 40.7 Å². The first-order valence-electron chi connectivity index (χ1n) is 20.6. The molecule has 0 spiro atoms. The zero-order chi connectivity index (χ0) is 39.9. The Morgan fingerprint density at radius 1 is 0.845 bits per heavy atom. The van der Waals surface area contributed by atoms with E-state index in [0.29, 0.717) is 53.6 Å². The van der Waals surface area contributed by atoms with Crippen molar-refractivity contribution in [3.8, 4) is 5.75 Å². The molecule has 4 amide bonds. The second-order valence-electron chi connectivity index (χ2n) is 16.4. The van der Waals surface area contributed by atoms with Gasteiger partial charge in [0.1, 0.15) is 11.6 Å². The number of piperazine rings is 1. The van der Waals surface area contributed by atoms with Crippen molar-refractivity contribution in [2.45, 2.75) is 69.5 Å². The van der Waals surface area contributed by atoms with Gasteiger partial charge in [0.2, 0.25) is 11.8 Å². The van der Waals surface area contributed by atoms with E-state index in [1.807, 2.05) is 29.2 Å². The quantitative estimate of drug-likeness (QED) is 0.166. The van der Waals surface area contributed by atoms with E-state index in [1.54, 1.807) is 24.3 Å². The third-order valence-electron chi connectivity index (χ3n) is 12.8. The highest BCUT2D eigenvalue weighted by molar-refractivity contribution is 6.24. The van der Waals surface area contributed by atoms with E-state index in [2.05, 4.69) is 55.6 Å². The Morgan fingerprint density at radius 2 is 1.60 bits per heavy atom. The number of piperidine rings is 2. The van der Waals surface area contributed by atoms with Gasteiger partial charge < -0.3 is 36.2 Å². The maximum Gasteiger partial charge on any atom is 0.263 e. The number of benzene rings is 3. The number of anilines is 2. The molecule has 14 heteroatoms. The zero-order valence-electron chi connectivity index (χ0n) is 32.6. The molecule has 0 radical (unpaired) electrons. The molecule has 6 aliphatic rings. The van der Waals surface area contributed by atoms with E-state index in [1.165, 1.54) is 16.2 Å². The number of nitrogens with zero attached hydrogens (tertiary/aromatic N) is 4. The molecule has 58 heavy (non-hydrogen) atoms. The minimum Gasteiger partial charge on any atom is -0.507 e. The maximum absolute atomic E-state index is 13.4. The summed E-state index contributed by atoms with van der Waals surface area (Å²) in [6.45, 7) is 3.78. The van der Waals surface area contributed by atoms with Crippen LogP contribution in [-0.2, 0) is 16.0 Å². The van der Waals surface area contributed by atoms with Gasteiger partial charge in [0.05, 0.1) is 28.6 Å². The van der Waals surface area contributed by atoms with Gasteiger partial charge in [-0.1, -0.05) is 30.3 Å². The van der Waals surface area contributed by atoms with Crippen molar-refractivity contribution in [1.29, 1.82) is 0 Å². The number of fused-ring (bicyclic) bond motifs is 3. The first-order chi connectivity index (χ1) is 28.2. The number of rotatable bonds is 10. The van der Waals surface area contributed by atoms with Gasteiger partial charge in [0.15, 0.2) is 0 Å². The number of amides is 4. The van der Waals surface area contributed by atoms with Crippen LogP contribution in [0.15, 0.2) is 84.3 Å². The number of hydrogen-bond donors (Lipinski definition) is 6. The molecule has 9 rings (SSSR count). The number of carbonyl (C=O) groups excluding carboxylic acids is 4. The molecule has 7 N–H and O–H groups in total. The fourth-order valence-corrected chi connectivity index (χ4v) is 9.83. The smallest absolute Gasteiger partial charge is 0.263 e. The molecule has 0 aromatic heterocycles. The minimum atomic E-state index is -0.365. The number of phenols is 1. The summed E-state index contributed by atoms with van der Waals surface area (Å²) in [7, 11) is 0. The van der Waals surface area contributed by atoms with Gasteiger partial charge in [0, 0.05) is 81.1 Å². The highest BCUT2D eigenvalue weighted by Gasteiger charge is 2.43. The van der Waals surface area contributed by atoms with Gasteiger partial charge >= 0.3 is 0 Å². The third-order valence-corrected chi connectivity index (χ3v) is 12.8. The predicted octanol–water partition coefficient (Wildman–Crippen LogP) is 3.48. The van der Waals surface area contributed by atoms with Crippen molar-refractivity contribution in [2.24, 2.45) is 11.7 Å². The topological polar surface area (TPSA) is 176 Å². The fraction of sp³-hybridized carbons (Fsp3) is 0.409. The van der Waals surface area contributed by atoms with E-state index < -0.39 is 0 Å². The van der Waals surface area contributed by atoms with Crippen LogP contribution in [0.2, 0.25) is 0 Å². The van der Waals surface area contributed by atoms with Crippen molar-refractivity contribution in [3.05, 3.63) is 107 Å².